The monoisotopic (exact) mass is 373 g/mol. The number of nitrogens with one attached hydrogen (secondary N) is 1. The third-order valence-corrected chi connectivity index (χ3v) is 4.18. The van der Waals surface area contributed by atoms with Crippen molar-refractivity contribution < 1.29 is 18.7 Å². The topological polar surface area (TPSA) is 73.3 Å². The van der Waals surface area contributed by atoms with Crippen molar-refractivity contribution in [1.29, 1.82) is 0 Å². The highest BCUT2D eigenvalue weighted by Crippen LogP contribution is 2.22. The van der Waals surface area contributed by atoms with E-state index in [2.05, 4.69) is 15.5 Å². The number of rotatable bonds is 8. The minimum Gasteiger partial charge on any atom is -0.481 e. The number of carbonyl (C=O) groups excluding carboxylic acids is 1. The van der Waals surface area contributed by atoms with Crippen molar-refractivity contribution in [3.8, 4) is 22.2 Å². The van der Waals surface area contributed by atoms with Gasteiger partial charge in [0.2, 0.25) is 5.88 Å². The van der Waals surface area contributed by atoms with Crippen LogP contribution in [0.5, 0.6) is 11.6 Å². The number of hydrogen-bond acceptors (Lipinski definition) is 6. The third kappa shape index (κ3) is 5.00. The van der Waals surface area contributed by atoms with Gasteiger partial charge in [-0.05, 0) is 29.6 Å². The van der Waals surface area contributed by atoms with Crippen LogP contribution in [0.3, 0.4) is 0 Å². The van der Waals surface area contributed by atoms with Gasteiger partial charge < -0.3 is 14.8 Å². The van der Waals surface area contributed by atoms with E-state index < -0.39 is 5.82 Å². The summed E-state index contributed by atoms with van der Waals surface area (Å²) in [5.74, 6) is -0.452. The molecule has 0 unspecified atom stereocenters. The summed E-state index contributed by atoms with van der Waals surface area (Å²) >= 11 is 1.58. The second-order valence-electron chi connectivity index (χ2n) is 5.15. The van der Waals surface area contributed by atoms with Crippen molar-refractivity contribution in [1.82, 2.24) is 15.5 Å². The van der Waals surface area contributed by atoms with E-state index in [0.29, 0.717) is 5.88 Å². The summed E-state index contributed by atoms with van der Waals surface area (Å²) in [6.07, 6.45) is 0. The van der Waals surface area contributed by atoms with Gasteiger partial charge in [0.1, 0.15) is 12.3 Å². The maximum atomic E-state index is 13.4. The van der Waals surface area contributed by atoms with E-state index in [1.54, 1.807) is 29.5 Å². The number of thiophene rings is 1. The third-order valence-electron chi connectivity index (χ3n) is 3.28. The van der Waals surface area contributed by atoms with Crippen LogP contribution in [0.1, 0.15) is 0 Å². The zero-order chi connectivity index (χ0) is 18.2. The summed E-state index contributed by atoms with van der Waals surface area (Å²) in [5, 5.41) is 12.7. The van der Waals surface area contributed by atoms with Gasteiger partial charge in [0.25, 0.3) is 5.91 Å². The van der Waals surface area contributed by atoms with Gasteiger partial charge in [0.15, 0.2) is 18.2 Å². The van der Waals surface area contributed by atoms with Crippen molar-refractivity contribution in [2.45, 2.75) is 0 Å². The number of nitrogens with zero attached hydrogens (tertiary/aromatic N) is 2. The van der Waals surface area contributed by atoms with Crippen molar-refractivity contribution >= 4 is 17.2 Å². The predicted octanol–water partition coefficient (Wildman–Crippen LogP) is 2.92. The molecule has 0 aliphatic heterocycles. The number of halogens is 1. The van der Waals surface area contributed by atoms with E-state index in [-0.39, 0.29) is 31.4 Å². The Bertz CT molecular complexity index is 841. The highest BCUT2D eigenvalue weighted by atomic mass is 32.1. The Morgan fingerprint density at radius 3 is 2.69 bits per heavy atom. The van der Waals surface area contributed by atoms with E-state index in [1.165, 1.54) is 12.1 Å². The van der Waals surface area contributed by atoms with Gasteiger partial charge in [0, 0.05) is 6.07 Å². The van der Waals surface area contributed by atoms with Crippen molar-refractivity contribution in [2.24, 2.45) is 0 Å². The molecule has 134 valence electrons. The number of para-hydroxylation sites is 1. The molecule has 0 aliphatic rings. The van der Waals surface area contributed by atoms with Crippen LogP contribution in [0.25, 0.3) is 10.6 Å². The largest absolute Gasteiger partial charge is 0.481 e. The summed E-state index contributed by atoms with van der Waals surface area (Å²) in [6, 6.07) is 13.4. The zero-order valence-corrected chi connectivity index (χ0v) is 14.5. The predicted molar refractivity (Wildman–Crippen MR) is 95.7 cm³/mol. The smallest absolute Gasteiger partial charge is 0.258 e. The molecule has 0 bridgehead atoms. The van der Waals surface area contributed by atoms with Crippen molar-refractivity contribution in [2.75, 3.05) is 19.8 Å². The summed E-state index contributed by atoms with van der Waals surface area (Å²) < 4.78 is 23.9. The Morgan fingerprint density at radius 2 is 1.96 bits per heavy atom. The molecule has 0 radical (unpaired) electrons. The Morgan fingerprint density at radius 1 is 1.08 bits per heavy atom. The lowest BCUT2D eigenvalue weighted by Crippen LogP contribution is -2.32. The molecule has 8 heteroatoms. The quantitative estimate of drug-likeness (QED) is 0.615. The van der Waals surface area contributed by atoms with Crippen LogP contribution in [0, 0.1) is 5.82 Å². The molecule has 2 aromatic heterocycles. The number of hydrogen-bond donors (Lipinski definition) is 1. The molecule has 0 saturated heterocycles. The first-order chi connectivity index (χ1) is 12.7. The molecule has 0 aliphatic carbocycles. The van der Waals surface area contributed by atoms with Crippen LogP contribution in [0.15, 0.2) is 53.9 Å². The lowest BCUT2D eigenvalue weighted by molar-refractivity contribution is -0.123. The molecule has 3 aromatic rings. The van der Waals surface area contributed by atoms with Crippen LogP contribution in [-0.2, 0) is 4.79 Å². The highest BCUT2D eigenvalue weighted by molar-refractivity contribution is 7.13. The Balaban J connectivity index is 1.36. The van der Waals surface area contributed by atoms with Gasteiger partial charge in [-0.3, -0.25) is 4.79 Å². The van der Waals surface area contributed by atoms with Gasteiger partial charge in [-0.25, -0.2) is 4.39 Å². The molecule has 0 fully saturated rings. The van der Waals surface area contributed by atoms with E-state index in [0.717, 1.165) is 10.6 Å². The molecule has 1 aromatic carbocycles. The average molecular weight is 373 g/mol. The lowest BCUT2D eigenvalue weighted by Gasteiger charge is -2.08. The zero-order valence-electron chi connectivity index (χ0n) is 13.7. The van der Waals surface area contributed by atoms with Crippen LogP contribution in [-0.4, -0.2) is 35.9 Å². The molecule has 1 N–H and O–H groups in total. The van der Waals surface area contributed by atoms with Gasteiger partial charge in [-0.15, -0.1) is 21.5 Å². The normalized spacial score (nSPS) is 10.3. The minimum absolute atomic E-state index is 0.0417. The van der Waals surface area contributed by atoms with Crippen LogP contribution >= 0.6 is 11.3 Å². The molecule has 0 spiro atoms. The summed E-state index contributed by atoms with van der Waals surface area (Å²) in [7, 11) is 0. The maximum Gasteiger partial charge on any atom is 0.258 e. The van der Waals surface area contributed by atoms with Crippen LogP contribution in [0.4, 0.5) is 4.39 Å². The summed E-state index contributed by atoms with van der Waals surface area (Å²) in [6.45, 7) is 0.239. The summed E-state index contributed by atoms with van der Waals surface area (Å²) in [4.78, 5) is 12.7. The molecule has 1 amide bonds. The van der Waals surface area contributed by atoms with Gasteiger partial charge in [-0.2, -0.15) is 0 Å². The fourth-order valence-corrected chi connectivity index (χ4v) is 2.75. The molecular weight excluding hydrogens is 357 g/mol. The molecule has 3 rings (SSSR count). The lowest BCUT2D eigenvalue weighted by atomic mass is 10.3. The van der Waals surface area contributed by atoms with E-state index in [4.69, 9.17) is 9.47 Å². The summed E-state index contributed by atoms with van der Waals surface area (Å²) in [5.41, 5.74) is 0.783. The number of amides is 1. The van der Waals surface area contributed by atoms with Crippen LogP contribution in [0.2, 0.25) is 0 Å². The maximum absolute atomic E-state index is 13.4. The van der Waals surface area contributed by atoms with Crippen LogP contribution < -0.4 is 14.8 Å². The molecule has 26 heavy (non-hydrogen) atoms. The number of benzene rings is 1. The van der Waals surface area contributed by atoms with E-state index in [1.807, 2.05) is 23.6 Å². The fraction of sp³-hybridized carbons (Fsp3) is 0.167. The number of ether oxygens (including phenoxy) is 2. The Labute approximate surface area is 153 Å². The van der Waals surface area contributed by atoms with E-state index in [9.17, 15) is 9.18 Å². The average Bonchev–Trinajstić information content (AvgIpc) is 3.20. The molecule has 0 atom stereocenters. The molecule has 6 nitrogen and oxygen atoms in total. The molecular formula is C18H16FN3O3S. The Kier molecular flexibility index (Phi) is 6.10. The van der Waals surface area contributed by atoms with Crippen molar-refractivity contribution in [3.05, 3.63) is 59.7 Å². The standard InChI is InChI=1S/C18H16FN3O3S/c19-13-4-1-2-5-15(13)25-12-17(23)20-9-10-24-18-8-7-14(21-22-18)16-6-3-11-26-16/h1-8,11H,9-10,12H2,(H,20,23). The number of aromatic nitrogens is 2. The highest BCUT2D eigenvalue weighted by Gasteiger charge is 2.06. The fourth-order valence-electron chi connectivity index (χ4n) is 2.05. The Hall–Kier alpha value is -3.00. The minimum atomic E-state index is -0.506. The van der Waals surface area contributed by atoms with E-state index >= 15 is 0 Å². The first-order valence-electron chi connectivity index (χ1n) is 7.87. The first kappa shape index (κ1) is 17.8. The molecule has 2 heterocycles. The van der Waals surface area contributed by atoms with Gasteiger partial charge in [0.05, 0.1) is 11.4 Å². The number of carbonyl (C=O) groups is 1. The van der Waals surface area contributed by atoms with Crippen molar-refractivity contribution in [3.63, 3.8) is 0 Å². The van der Waals surface area contributed by atoms with Gasteiger partial charge in [-0.1, -0.05) is 18.2 Å². The SMILES string of the molecule is O=C(COc1ccccc1F)NCCOc1ccc(-c2cccs2)nn1. The van der Waals surface area contributed by atoms with Gasteiger partial charge >= 0.3 is 0 Å². The second-order valence-corrected chi connectivity index (χ2v) is 6.10. The molecule has 0 saturated carbocycles. The second kappa shape index (κ2) is 8.91. The first-order valence-corrected chi connectivity index (χ1v) is 8.75.